The van der Waals surface area contributed by atoms with E-state index in [2.05, 4.69) is 0 Å². The van der Waals surface area contributed by atoms with Crippen LogP contribution in [0.5, 0.6) is 0 Å². The van der Waals surface area contributed by atoms with Gasteiger partial charge in [0.2, 0.25) is 0 Å². The molecule has 1 heterocycles. The maximum atomic E-state index is 12.8. The minimum atomic E-state index is -0.928. The maximum Gasteiger partial charge on any atom is 0.326 e. The van der Waals surface area contributed by atoms with E-state index in [1.54, 1.807) is 17.0 Å². The first kappa shape index (κ1) is 15.6. The Labute approximate surface area is 139 Å². The zero-order chi connectivity index (χ0) is 15.9. The summed E-state index contributed by atoms with van der Waals surface area (Å²) in [5.74, 6) is -0.898. The predicted octanol–water partition coefficient (Wildman–Crippen LogP) is 3.85. The van der Waals surface area contributed by atoms with Crippen LogP contribution in [0.2, 0.25) is 10.0 Å². The highest BCUT2D eigenvalue weighted by atomic mass is 35.5. The second-order valence-corrected chi connectivity index (χ2v) is 6.86. The van der Waals surface area contributed by atoms with E-state index < -0.39 is 12.0 Å². The van der Waals surface area contributed by atoms with Crippen LogP contribution in [0.25, 0.3) is 0 Å². The number of fused-ring (bicyclic) bond motifs is 1. The molecular formula is C16H17Cl2NO3. The largest absolute Gasteiger partial charge is 0.480 e. The number of halogens is 2. The van der Waals surface area contributed by atoms with Gasteiger partial charge in [-0.05, 0) is 43.4 Å². The Kier molecular flexibility index (Phi) is 4.33. The summed E-state index contributed by atoms with van der Waals surface area (Å²) in [5.41, 5.74) is 0.395. The summed E-state index contributed by atoms with van der Waals surface area (Å²) < 4.78 is 0. The van der Waals surface area contributed by atoms with Crippen LogP contribution >= 0.6 is 23.2 Å². The van der Waals surface area contributed by atoms with Gasteiger partial charge >= 0.3 is 5.97 Å². The molecule has 0 spiro atoms. The molecule has 6 heteroatoms. The summed E-state index contributed by atoms with van der Waals surface area (Å²) in [7, 11) is 0. The normalized spacial score (nSPS) is 27.5. The van der Waals surface area contributed by atoms with Gasteiger partial charge < -0.3 is 10.0 Å². The average Bonchev–Trinajstić information content (AvgIpc) is 2.89. The van der Waals surface area contributed by atoms with Crippen LogP contribution in [0.3, 0.4) is 0 Å². The van der Waals surface area contributed by atoms with Gasteiger partial charge in [0.05, 0.1) is 10.0 Å². The number of aliphatic carboxylic acids is 1. The highest BCUT2D eigenvalue weighted by Gasteiger charge is 2.47. The highest BCUT2D eigenvalue weighted by molar-refractivity contribution is 6.42. The van der Waals surface area contributed by atoms with E-state index in [0.29, 0.717) is 27.9 Å². The smallest absolute Gasteiger partial charge is 0.326 e. The van der Waals surface area contributed by atoms with Gasteiger partial charge in [0.15, 0.2) is 0 Å². The van der Waals surface area contributed by atoms with E-state index in [0.717, 1.165) is 25.7 Å². The Balaban J connectivity index is 1.93. The molecule has 2 aliphatic rings. The van der Waals surface area contributed by atoms with Crippen molar-refractivity contribution in [1.29, 1.82) is 0 Å². The van der Waals surface area contributed by atoms with Crippen LogP contribution in [-0.4, -0.2) is 34.0 Å². The number of hydrogen-bond donors (Lipinski definition) is 1. The molecule has 0 bridgehead atoms. The SMILES string of the molecule is O=C(O)C1CC2CCCCC2N1C(=O)c1ccc(Cl)c(Cl)c1. The van der Waals surface area contributed by atoms with E-state index in [-0.39, 0.29) is 11.9 Å². The molecule has 1 aliphatic heterocycles. The zero-order valence-electron chi connectivity index (χ0n) is 12.0. The topological polar surface area (TPSA) is 57.6 Å². The lowest BCUT2D eigenvalue weighted by molar-refractivity contribution is -0.141. The molecule has 0 aromatic heterocycles. The number of carbonyl (C=O) groups is 2. The van der Waals surface area contributed by atoms with Crippen LogP contribution in [0, 0.1) is 5.92 Å². The lowest BCUT2D eigenvalue weighted by Gasteiger charge is -2.33. The maximum absolute atomic E-state index is 12.8. The van der Waals surface area contributed by atoms with Gasteiger partial charge in [0.1, 0.15) is 6.04 Å². The number of carboxylic acid groups (broad SMARTS) is 1. The minimum absolute atomic E-state index is 0.0248. The third kappa shape index (κ3) is 2.70. The second kappa shape index (κ2) is 6.09. The van der Waals surface area contributed by atoms with E-state index >= 15 is 0 Å². The number of carbonyl (C=O) groups excluding carboxylic acids is 1. The van der Waals surface area contributed by atoms with Gasteiger partial charge in [-0.25, -0.2) is 4.79 Å². The van der Waals surface area contributed by atoms with Crippen LogP contribution in [0.15, 0.2) is 18.2 Å². The van der Waals surface area contributed by atoms with E-state index in [1.807, 2.05) is 0 Å². The summed E-state index contributed by atoms with van der Waals surface area (Å²) in [4.78, 5) is 26.0. The Hall–Kier alpha value is -1.26. The van der Waals surface area contributed by atoms with Gasteiger partial charge in [0.25, 0.3) is 5.91 Å². The lowest BCUT2D eigenvalue weighted by Crippen LogP contribution is -2.46. The Morgan fingerprint density at radius 3 is 2.55 bits per heavy atom. The first-order valence-corrected chi connectivity index (χ1v) is 8.25. The minimum Gasteiger partial charge on any atom is -0.480 e. The molecule has 0 radical (unpaired) electrons. The van der Waals surface area contributed by atoms with Gasteiger partial charge in [0, 0.05) is 11.6 Å². The summed E-state index contributed by atoms with van der Waals surface area (Å²) in [6.45, 7) is 0. The molecule has 1 aliphatic carbocycles. The lowest BCUT2D eigenvalue weighted by atomic mass is 9.84. The fourth-order valence-corrected chi connectivity index (χ4v) is 4.05. The molecule has 1 aromatic carbocycles. The second-order valence-electron chi connectivity index (χ2n) is 6.04. The first-order chi connectivity index (χ1) is 10.5. The van der Waals surface area contributed by atoms with Crippen molar-refractivity contribution >= 4 is 35.1 Å². The Morgan fingerprint density at radius 2 is 1.86 bits per heavy atom. The number of likely N-dealkylation sites (tertiary alicyclic amines) is 1. The van der Waals surface area contributed by atoms with E-state index in [9.17, 15) is 14.7 Å². The van der Waals surface area contributed by atoms with Gasteiger partial charge in [-0.1, -0.05) is 36.0 Å². The molecule has 1 saturated carbocycles. The van der Waals surface area contributed by atoms with E-state index in [1.165, 1.54) is 6.07 Å². The van der Waals surface area contributed by atoms with Crippen LogP contribution in [-0.2, 0) is 4.79 Å². The summed E-state index contributed by atoms with van der Waals surface area (Å²) in [6.07, 6.45) is 4.58. The summed E-state index contributed by atoms with van der Waals surface area (Å²) in [6, 6.07) is 3.97. The molecule has 3 unspecified atom stereocenters. The van der Waals surface area contributed by atoms with Crippen molar-refractivity contribution < 1.29 is 14.7 Å². The first-order valence-electron chi connectivity index (χ1n) is 7.49. The van der Waals surface area contributed by atoms with Crippen LogP contribution in [0.4, 0.5) is 0 Å². The van der Waals surface area contributed by atoms with Gasteiger partial charge in [-0.3, -0.25) is 4.79 Å². The Morgan fingerprint density at radius 1 is 1.14 bits per heavy atom. The summed E-state index contributed by atoms with van der Waals surface area (Å²) >= 11 is 11.9. The van der Waals surface area contributed by atoms with E-state index in [4.69, 9.17) is 23.2 Å². The van der Waals surface area contributed by atoms with Crippen LogP contribution in [0.1, 0.15) is 42.5 Å². The number of benzene rings is 1. The molecule has 3 atom stereocenters. The van der Waals surface area contributed by atoms with Crippen molar-refractivity contribution in [1.82, 2.24) is 4.90 Å². The fraction of sp³-hybridized carbons (Fsp3) is 0.500. The standard InChI is InChI=1S/C16H17Cl2NO3/c17-11-6-5-10(7-12(11)18)15(20)19-13-4-2-1-3-9(13)8-14(19)16(21)22/h5-7,9,13-14H,1-4,8H2,(H,21,22). The molecule has 1 amide bonds. The molecule has 1 N–H and O–H groups in total. The molecule has 1 aromatic rings. The van der Waals surface area contributed by atoms with Crippen molar-refractivity contribution in [3.63, 3.8) is 0 Å². The number of carboxylic acids is 1. The Bertz CT molecular complexity index is 619. The molecule has 1 saturated heterocycles. The highest BCUT2D eigenvalue weighted by Crippen LogP contribution is 2.40. The van der Waals surface area contributed by atoms with Crippen molar-refractivity contribution in [3.05, 3.63) is 33.8 Å². The average molecular weight is 342 g/mol. The van der Waals surface area contributed by atoms with Gasteiger partial charge in [-0.2, -0.15) is 0 Å². The molecule has 2 fully saturated rings. The third-order valence-corrected chi connectivity index (χ3v) is 5.51. The quantitative estimate of drug-likeness (QED) is 0.888. The zero-order valence-corrected chi connectivity index (χ0v) is 13.5. The van der Waals surface area contributed by atoms with Gasteiger partial charge in [-0.15, -0.1) is 0 Å². The molecule has 4 nitrogen and oxygen atoms in total. The number of nitrogens with zero attached hydrogens (tertiary/aromatic N) is 1. The summed E-state index contributed by atoms with van der Waals surface area (Å²) in [5, 5.41) is 10.2. The van der Waals surface area contributed by atoms with Crippen molar-refractivity contribution in [3.8, 4) is 0 Å². The van der Waals surface area contributed by atoms with Crippen molar-refractivity contribution in [2.75, 3.05) is 0 Å². The fourth-order valence-electron chi connectivity index (χ4n) is 3.75. The predicted molar refractivity (Wildman–Crippen MR) is 84.4 cm³/mol. The van der Waals surface area contributed by atoms with Crippen molar-refractivity contribution in [2.45, 2.75) is 44.2 Å². The molecule has 3 rings (SSSR count). The molecular weight excluding hydrogens is 325 g/mol. The number of amides is 1. The monoisotopic (exact) mass is 341 g/mol. The van der Waals surface area contributed by atoms with Crippen molar-refractivity contribution in [2.24, 2.45) is 5.92 Å². The number of hydrogen-bond acceptors (Lipinski definition) is 2. The molecule has 22 heavy (non-hydrogen) atoms. The molecule has 118 valence electrons. The number of rotatable bonds is 2. The van der Waals surface area contributed by atoms with Crippen LogP contribution < -0.4 is 0 Å². The third-order valence-electron chi connectivity index (χ3n) is 4.77.